The van der Waals surface area contributed by atoms with Gasteiger partial charge >= 0.3 is 0 Å². The normalized spacial score (nSPS) is 10.8. The molecule has 0 atom stereocenters. The number of ether oxygens (including phenoxy) is 2. The third kappa shape index (κ3) is 4.43. The molecular formula is C16H15BrF2O2. The lowest BCUT2D eigenvalue weighted by atomic mass is 10.2. The maximum absolute atomic E-state index is 13.6. The summed E-state index contributed by atoms with van der Waals surface area (Å²) in [4.78, 5) is 0. The second kappa shape index (κ2) is 6.89. The lowest BCUT2D eigenvalue weighted by molar-refractivity contribution is 0.240. The van der Waals surface area contributed by atoms with Gasteiger partial charge in [0, 0.05) is 4.47 Å². The van der Waals surface area contributed by atoms with Crippen molar-refractivity contribution >= 4 is 15.9 Å². The van der Waals surface area contributed by atoms with Crippen molar-refractivity contribution in [3.05, 3.63) is 58.1 Å². The predicted octanol–water partition coefficient (Wildman–Crippen LogP) is 5.09. The molecule has 0 saturated carbocycles. The van der Waals surface area contributed by atoms with Crippen molar-refractivity contribution in [3.63, 3.8) is 0 Å². The molecule has 0 heterocycles. The van der Waals surface area contributed by atoms with Crippen LogP contribution in [0.5, 0.6) is 11.5 Å². The van der Waals surface area contributed by atoms with Gasteiger partial charge in [-0.3, -0.25) is 0 Å². The van der Waals surface area contributed by atoms with E-state index in [2.05, 4.69) is 15.9 Å². The Morgan fingerprint density at radius 3 is 2.38 bits per heavy atom. The summed E-state index contributed by atoms with van der Waals surface area (Å²) in [5.41, 5.74) is 0.773. The van der Waals surface area contributed by atoms with Crippen LogP contribution in [-0.4, -0.2) is 6.10 Å². The van der Waals surface area contributed by atoms with Crippen molar-refractivity contribution in [2.24, 2.45) is 0 Å². The Morgan fingerprint density at radius 2 is 1.76 bits per heavy atom. The zero-order valence-corrected chi connectivity index (χ0v) is 13.3. The molecule has 0 fully saturated rings. The zero-order valence-electron chi connectivity index (χ0n) is 11.7. The van der Waals surface area contributed by atoms with E-state index < -0.39 is 11.6 Å². The fourth-order valence-corrected chi connectivity index (χ4v) is 2.21. The van der Waals surface area contributed by atoms with E-state index in [0.29, 0.717) is 10.2 Å². The van der Waals surface area contributed by atoms with Gasteiger partial charge in [-0.05, 0) is 43.7 Å². The average Bonchev–Trinajstić information content (AvgIpc) is 2.37. The second-order valence-corrected chi connectivity index (χ2v) is 5.72. The maximum Gasteiger partial charge on any atom is 0.191 e. The topological polar surface area (TPSA) is 18.5 Å². The van der Waals surface area contributed by atoms with Gasteiger partial charge in [0.15, 0.2) is 17.4 Å². The Labute approximate surface area is 130 Å². The number of rotatable bonds is 5. The van der Waals surface area contributed by atoms with E-state index >= 15 is 0 Å². The SMILES string of the molecule is CC(C)Oc1cccc(COc2c(F)cc(Br)cc2F)c1. The van der Waals surface area contributed by atoms with E-state index in [1.807, 2.05) is 32.0 Å². The van der Waals surface area contributed by atoms with Crippen LogP contribution < -0.4 is 9.47 Å². The van der Waals surface area contributed by atoms with Crippen LogP contribution in [0, 0.1) is 11.6 Å². The summed E-state index contributed by atoms with van der Waals surface area (Å²) in [5.74, 6) is -1.16. The van der Waals surface area contributed by atoms with E-state index in [1.54, 1.807) is 6.07 Å². The van der Waals surface area contributed by atoms with Gasteiger partial charge in [0.2, 0.25) is 0 Å². The van der Waals surface area contributed by atoms with Crippen LogP contribution in [0.15, 0.2) is 40.9 Å². The average molecular weight is 357 g/mol. The number of hydrogen-bond donors (Lipinski definition) is 0. The molecule has 0 aliphatic heterocycles. The Hall–Kier alpha value is -1.62. The van der Waals surface area contributed by atoms with Crippen molar-refractivity contribution in [1.29, 1.82) is 0 Å². The fourth-order valence-electron chi connectivity index (χ4n) is 1.80. The Bertz CT molecular complexity index is 606. The summed E-state index contributed by atoms with van der Waals surface area (Å²) >= 11 is 3.02. The van der Waals surface area contributed by atoms with Crippen LogP contribution in [0.3, 0.4) is 0 Å². The molecule has 2 aromatic carbocycles. The predicted molar refractivity (Wildman–Crippen MR) is 80.6 cm³/mol. The van der Waals surface area contributed by atoms with Crippen molar-refractivity contribution in [1.82, 2.24) is 0 Å². The fraction of sp³-hybridized carbons (Fsp3) is 0.250. The van der Waals surface area contributed by atoms with Gasteiger partial charge in [-0.1, -0.05) is 28.1 Å². The molecular weight excluding hydrogens is 342 g/mol. The Kier molecular flexibility index (Phi) is 5.17. The van der Waals surface area contributed by atoms with Crippen LogP contribution in [0.2, 0.25) is 0 Å². The lowest BCUT2D eigenvalue weighted by Crippen LogP contribution is -2.06. The van der Waals surface area contributed by atoms with E-state index in [9.17, 15) is 8.78 Å². The van der Waals surface area contributed by atoms with Gasteiger partial charge in [0.05, 0.1) is 6.10 Å². The molecule has 0 unspecified atom stereocenters. The molecule has 0 aliphatic carbocycles. The molecule has 0 amide bonds. The molecule has 5 heteroatoms. The highest BCUT2D eigenvalue weighted by Gasteiger charge is 2.12. The van der Waals surface area contributed by atoms with Crippen LogP contribution >= 0.6 is 15.9 Å². The third-order valence-electron chi connectivity index (χ3n) is 2.62. The van der Waals surface area contributed by atoms with Gasteiger partial charge in [-0.15, -0.1) is 0 Å². The van der Waals surface area contributed by atoms with Gasteiger partial charge in [0.25, 0.3) is 0 Å². The van der Waals surface area contributed by atoms with E-state index in [4.69, 9.17) is 9.47 Å². The minimum Gasteiger partial charge on any atom is -0.491 e. The number of benzene rings is 2. The third-order valence-corrected chi connectivity index (χ3v) is 3.07. The van der Waals surface area contributed by atoms with Gasteiger partial charge < -0.3 is 9.47 Å². The van der Waals surface area contributed by atoms with E-state index in [-0.39, 0.29) is 18.5 Å². The van der Waals surface area contributed by atoms with Gasteiger partial charge in [0.1, 0.15) is 12.4 Å². The summed E-state index contributed by atoms with van der Waals surface area (Å²) in [6.45, 7) is 3.91. The smallest absolute Gasteiger partial charge is 0.191 e. The van der Waals surface area contributed by atoms with Crippen LogP contribution in [0.1, 0.15) is 19.4 Å². The maximum atomic E-state index is 13.6. The molecule has 0 radical (unpaired) electrons. The quantitative estimate of drug-likeness (QED) is 0.742. The molecule has 0 aliphatic rings. The molecule has 0 aromatic heterocycles. The van der Waals surface area contributed by atoms with Crippen molar-refractivity contribution < 1.29 is 18.3 Å². The Balaban J connectivity index is 2.10. The molecule has 0 bridgehead atoms. The summed E-state index contributed by atoms with van der Waals surface area (Å²) in [7, 11) is 0. The minimum absolute atomic E-state index is 0.0579. The summed E-state index contributed by atoms with van der Waals surface area (Å²) in [5, 5.41) is 0. The second-order valence-electron chi connectivity index (χ2n) is 4.80. The van der Waals surface area contributed by atoms with Gasteiger partial charge in [-0.25, -0.2) is 8.78 Å². The van der Waals surface area contributed by atoms with Crippen LogP contribution in [0.25, 0.3) is 0 Å². The molecule has 21 heavy (non-hydrogen) atoms. The first-order valence-corrected chi connectivity index (χ1v) is 7.28. The first-order chi connectivity index (χ1) is 9.95. The number of halogens is 3. The monoisotopic (exact) mass is 356 g/mol. The van der Waals surface area contributed by atoms with E-state index in [1.165, 1.54) is 0 Å². The van der Waals surface area contributed by atoms with Gasteiger partial charge in [-0.2, -0.15) is 0 Å². The summed E-state index contributed by atoms with van der Waals surface area (Å²) < 4.78 is 38.4. The van der Waals surface area contributed by atoms with E-state index in [0.717, 1.165) is 17.7 Å². The molecule has 2 nitrogen and oxygen atoms in total. The van der Waals surface area contributed by atoms with Crippen molar-refractivity contribution in [2.45, 2.75) is 26.6 Å². The first kappa shape index (κ1) is 15.8. The first-order valence-electron chi connectivity index (χ1n) is 6.48. The highest BCUT2D eigenvalue weighted by molar-refractivity contribution is 9.10. The molecule has 0 spiro atoms. The molecule has 0 saturated heterocycles. The lowest BCUT2D eigenvalue weighted by Gasteiger charge is -2.12. The van der Waals surface area contributed by atoms with Crippen LogP contribution in [-0.2, 0) is 6.61 Å². The molecule has 2 rings (SSSR count). The largest absolute Gasteiger partial charge is 0.491 e. The number of hydrogen-bond acceptors (Lipinski definition) is 2. The standard InChI is InChI=1S/C16H15BrF2O2/c1-10(2)21-13-5-3-4-11(6-13)9-20-16-14(18)7-12(17)8-15(16)19/h3-8,10H,9H2,1-2H3. The van der Waals surface area contributed by atoms with Crippen LogP contribution in [0.4, 0.5) is 8.78 Å². The summed E-state index contributed by atoms with van der Waals surface area (Å²) in [6, 6.07) is 9.55. The zero-order chi connectivity index (χ0) is 15.4. The Morgan fingerprint density at radius 1 is 1.10 bits per heavy atom. The summed E-state index contributed by atoms with van der Waals surface area (Å²) in [6.07, 6.45) is 0.0579. The minimum atomic E-state index is -0.739. The molecule has 2 aromatic rings. The highest BCUT2D eigenvalue weighted by Crippen LogP contribution is 2.27. The van der Waals surface area contributed by atoms with Crippen molar-refractivity contribution in [2.75, 3.05) is 0 Å². The highest BCUT2D eigenvalue weighted by atomic mass is 79.9. The van der Waals surface area contributed by atoms with Crippen molar-refractivity contribution in [3.8, 4) is 11.5 Å². The molecule has 112 valence electrons. The molecule has 0 N–H and O–H groups in total.